The van der Waals surface area contributed by atoms with Crippen LogP contribution in [0.15, 0.2) is 6.33 Å². The molecule has 0 radical (unpaired) electrons. The van der Waals surface area contributed by atoms with E-state index in [1.54, 1.807) is 6.33 Å². The van der Waals surface area contributed by atoms with Crippen molar-refractivity contribution >= 4 is 0 Å². The average molecular weight is 237 g/mol. The van der Waals surface area contributed by atoms with Crippen LogP contribution in [0.1, 0.15) is 51.3 Å². The Morgan fingerprint density at radius 1 is 1.47 bits per heavy atom. The van der Waals surface area contributed by atoms with Gasteiger partial charge in [-0.2, -0.15) is 5.10 Å². The highest BCUT2D eigenvalue weighted by Gasteiger charge is 2.23. The quantitative estimate of drug-likeness (QED) is 0.825. The minimum absolute atomic E-state index is 0.149. The van der Waals surface area contributed by atoms with Crippen molar-refractivity contribution in [3.8, 4) is 0 Å². The van der Waals surface area contributed by atoms with Gasteiger partial charge in [-0.05, 0) is 31.6 Å². The minimum Gasteiger partial charge on any atom is -0.393 e. The van der Waals surface area contributed by atoms with Gasteiger partial charge in [-0.25, -0.2) is 4.98 Å². The first-order valence-corrected chi connectivity index (χ1v) is 6.86. The van der Waals surface area contributed by atoms with Gasteiger partial charge in [0.25, 0.3) is 0 Å². The summed E-state index contributed by atoms with van der Waals surface area (Å²) in [5.41, 5.74) is 0. The molecule has 1 atom stereocenters. The second-order valence-corrected chi connectivity index (χ2v) is 5.05. The van der Waals surface area contributed by atoms with Gasteiger partial charge in [-0.15, -0.1) is 0 Å². The molecule has 0 spiro atoms. The zero-order valence-electron chi connectivity index (χ0n) is 10.7. The third-order valence-electron chi connectivity index (χ3n) is 3.74. The van der Waals surface area contributed by atoms with Gasteiger partial charge in [-0.1, -0.05) is 19.8 Å². The van der Waals surface area contributed by atoms with E-state index in [0.717, 1.165) is 31.6 Å². The fourth-order valence-electron chi connectivity index (χ4n) is 2.74. The molecule has 1 heterocycles. The first-order valence-electron chi connectivity index (χ1n) is 6.86. The zero-order chi connectivity index (χ0) is 12.1. The van der Waals surface area contributed by atoms with Crippen LogP contribution < -0.4 is 0 Å². The van der Waals surface area contributed by atoms with Crippen molar-refractivity contribution in [1.82, 2.24) is 14.8 Å². The second-order valence-electron chi connectivity index (χ2n) is 5.05. The lowest BCUT2D eigenvalue weighted by molar-refractivity contribution is 0.101. The van der Waals surface area contributed by atoms with Crippen LogP contribution in [0.3, 0.4) is 0 Å². The van der Waals surface area contributed by atoms with Crippen molar-refractivity contribution in [2.45, 2.75) is 64.5 Å². The van der Waals surface area contributed by atoms with Gasteiger partial charge in [0.2, 0.25) is 0 Å². The van der Waals surface area contributed by atoms with E-state index >= 15 is 0 Å². The van der Waals surface area contributed by atoms with E-state index in [1.807, 2.05) is 4.68 Å². The topological polar surface area (TPSA) is 50.9 Å². The molecule has 0 aliphatic heterocycles. The van der Waals surface area contributed by atoms with E-state index < -0.39 is 0 Å². The Morgan fingerprint density at radius 2 is 2.24 bits per heavy atom. The Labute approximate surface area is 103 Å². The summed E-state index contributed by atoms with van der Waals surface area (Å²) in [5.74, 6) is 1.54. The average Bonchev–Trinajstić information content (AvgIpc) is 2.97. The molecule has 1 unspecified atom stereocenters. The number of aromatic nitrogens is 3. The van der Waals surface area contributed by atoms with Crippen LogP contribution in [0.5, 0.6) is 0 Å². The van der Waals surface area contributed by atoms with Crippen LogP contribution in [0.25, 0.3) is 0 Å². The van der Waals surface area contributed by atoms with Crippen LogP contribution >= 0.6 is 0 Å². The number of aliphatic hydroxyl groups excluding tert-OH is 1. The fraction of sp³-hybridized carbons (Fsp3) is 0.846. The van der Waals surface area contributed by atoms with Gasteiger partial charge in [0.05, 0.1) is 6.10 Å². The van der Waals surface area contributed by atoms with E-state index in [1.165, 1.54) is 25.7 Å². The van der Waals surface area contributed by atoms with Crippen molar-refractivity contribution in [2.24, 2.45) is 5.92 Å². The molecule has 0 aromatic carbocycles. The molecule has 1 aromatic heterocycles. The van der Waals surface area contributed by atoms with E-state index in [2.05, 4.69) is 17.0 Å². The Morgan fingerprint density at radius 3 is 2.94 bits per heavy atom. The van der Waals surface area contributed by atoms with Crippen LogP contribution in [-0.2, 0) is 13.0 Å². The smallest absolute Gasteiger partial charge is 0.138 e. The molecule has 96 valence electrons. The summed E-state index contributed by atoms with van der Waals surface area (Å²) in [5, 5.41) is 14.3. The summed E-state index contributed by atoms with van der Waals surface area (Å²) in [6.45, 7) is 3.06. The lowest BCUT2D eigenvalue weighted by Crippen LogP contribution is -2.19. The number of nitrogens with zero attached hydrogens (tertiary/aromatic N) is 3. The molecule has 2 rings (SSSR count). The number of aliphatic hydroxyl groups is 1. The monoisotopic (exact) mass is 237 g/mol. The number of aryl methyl sites for hydroxylation is 2. The first-order chi connectivity index (χ1) is 8.31. The molecule has 17 heavy (non-hydrogen) atoms. The van der Waals surface area contributed by atoms with E-state index in [4.69, 9.17) is 0 Å². The summed E-state index contributed by atoms with van der Waals surface area (Å²) < 4.78 is 1.96. The Balaban J connectivity index is 1.81. The molecule has 1 fully saturated rings. The molecule has 0 saturated heterocycles. The van der Waals surface area contributed by atoms with E-state index in [9.17, 15) is 5.11 Å². The van der Waals surface area contributed by atoms with Gasteiger partial charge in [0, 0.05) is 13.0 Å². The molecule has 4 nitrogen and oxygen atoms in total. The lowest BCUT2D eigenvalue weighted by Gasteiger charge is -2.17. The number of rotatable bonds is 6. The summed E-state index contributed by atoms with van der Waals surface area (Å²) in [6.07, 6.45) is 9.18. The summed E-state index contributed by atoms with van der Waals surface area (Å²) in [6, 6.07) is 0. The molecule has 1 N–H and O–H groups in total. The minimum atomic E-state index is -0.149. The van der Waals surface area contributed by atoms with Gasteiger partial charge in [-0.3, -0.25) is 4.68 Å². The first kappa shape index (κ1) is 12.6. The molecule has 0 bridgehead atoms. The van der Waals surface area contributed by atoms with Crippen LogP contribution in [-0.4, -0.2) is 26.0 Å². The van der Waals surface area contributed by atoms with Crippen LogP contribution in [0, 0.1) is 5.92 Å². The molecular formula is C13H23N3O. The molecule has 4 heteroatoms. The fourth-order valence-corrected chi connectivity index (χ4v) is 2.74. The zero-order valence-corrected chi connectivity index (χ0v) is 10.7. The normalized spacial score (nSPS) is 18.7. The maximum atomic E-state index is 10.1. The van der Waals surface area contributed by atoms with Crippen molar-refractivity contribution in [1.29, 1.82) is 0 Å². The Hall–Kier alpha value is -0.900. The summed E-state index contributed by atoms with van der Waals surface area (Å²) in [7, 11) is 0. The molecule has 1 saturated carbocycles. The molecule has 0 amide bonds. The predicted molar refractivity (Wildman–Crippen MR) is 66.6 cm³/mol. The lowest BCUT2D eigenvalue weighted by atomic mass is 9.97. The van der Waals surface area contributed by atoms with Gasteiger partial charge in [0.15, 0.2) is 0 Å². The van der Waals surface area contributed by atoms with Crippen LogP contribution in [0.4, 0.5) is 0 Å². The maximum absolute atomic E-state index is 10.1. The van der Waals surface area contributed by atoms with E-state index in [0.29, 0.717) is 5.92 Å². The Bertz CT molecular complexity index is 331. The SMILES string of the molecule is CCCn1ncnc1CCC(O)C1CCCC1. The highest BCUT2D eigenvalue weighted by atomic mass is 16.3. The van der Waals surface area contributed by atoms with Crippen molar-refractivity contribution < 1.29 is 5.11 Å². The van der Waals surface area contributed by atoms with Gasteiger partial charge >= 0.3 is 0 Å². The Kier molecular flexibility index (Phi) is 4.54. The van der Waals surface area contributed by atoms with Crippen molar-refractivity contribution in [3.63, 3.8) is 0 Å². The largest absolute Gasteiger partial charge is 0.393 e. The molecular weight excluding hydrogens is 214 g/mol. The highest BCUT2D eigenvalue weighted by molar-refractivity contribution is 4.87. The standard InChI is InChI=1S/C13H23N3O/c1-2-9-16-13(14-10-15-16)8-7-12(17)11-5-3-4-6-11/h10-12,17H,2-9H2,1H3. The van der Waals surface area contributed by atoms with Gasteiger partial charge < -0.3 is 5.11 Å². The van der Waals surface area contributed by atoms with Crippen LogP contribution in [0.2, 0.25) is 0 Å². The molecule has 1 aliphatic carbocycles. The van der Waals surface area contributed by atoms with Crippen molar-refractivity contribution in [3.05, 3.63) is 12.2 Å². The summed E-state index contributed by atoms with van der Waals surface area (Å²) in [4.78, 5) is 4.27. The second kappa shape index (κ2) is 6.15. The molecule has 1 aromatic rings. The third-order valence-corrected chi connectivity index (χ3v) is 3.74. The maximum Gasteiger partial charge on any atom is 0.138 e. The number of hydrogen-bond donors (Lipinski definition) is 1. The third kappa shape index (κ3) is 3.28. The highest BCUT2D eigenvalue weighted by Crippen LogP contribution is 2.29. The van der Waals surface area contributed by atoms with Gasteiger partial charge in [0.1, 0.15) is 12.2 Å². The predicted octanol–water partition coefficient (Wildman–Crippen LogP) is 2.17. The number of hydrogen-bond acceptors (Lipinski definition) is 3. The summed E-state index contributed by atoms with van der Waals surface area (Å²) >= 11 is 0. The molecule has 1 aliphatic rings. The van der Waals surface area contributed by atoms with Crippen molar-refractivity contribution in [2.75, 3.05) is 0 Å². The van der Waals surface area contributed by atoms with E-state index in [-0.39, 0.29) is 6.10 Å².